The minimum Gasteiger partial charge on any atom is -0.356 e. The number of carbonyl (C=O) groups is 2. The minimum absolute atomic E-state index is 0.0939. The summed E-state index contributed by atoms with van der Waals surface area (Å²) < 4.78 is 0. The molecule has 1 amide bonds. The van der Waals surface area contributed by atoms with Gasteiger partial charge in [0.05, 0.1) is 6.04 Å². The fourth-order valence-corrected chi connectivity index (χ4v) is 2.71. The van der Waals surface area contributed by atoms with Gasteiger partial charge in [-0.25, -0.2) is 0 Å². The van der Waals surface area contributed by atoms with Crippen molar-refractivity contribution in [2.24, 2.45) is 11.1 Å². The monoisotopic (exact) mass is 355 g/mol. The lowest BCUT2D eigenvalue weighted by molar-refractivity contribution is -0.129. The normalized spacial score (nSPS) is 13.6. The number of hydrogen-bond acceptors (Lipinski definition) is 4. The molecule has 0 aromatic rings. The molecule has 0 unspecified atom stereocenters. The molecular formula is C20H41N3O2. The summed E-state index contributed by atoms with van der Waals surface area (Å²) in [7, 11) is 0. The van der Waals surface area contributed by atoms with Crippen LogP contribution in [-0.4, -0.2) is 36.4 Å². The molecule has 0 heterocycles. The second kappa shape index (κ2) is 11.6. The van der Waals surface area contributed by atoms with Crippen molar-refractivity contribution in [3.05, 3.63) is 0 Å². The van der Waals surface area contributed by atoms with Crippen LogP contribution in [0.5, 0.6) is 0 Å². The van der Waals surface area contributed by atoms with Crippen LogP contribution in [0.25, 0.3) is 0 Å². The van der Waals surface area contributed by atoms with Crippen LogP contribution in [0.1, 0.15) is 86.5 Å². The van der Waals surface area contributed by atoms with E-state index in [-0.39, 0.29) is 28.7 Å². The third-order valence-electron chi connectivity index (χ3n) is 4.01. The van der Waals surface area contributed by atoms with E-state index in [9.17, 15) is 9.59 Å². The van der Waals surface area contributed by atoms with Crippen LogP contribution in [0, 0.1) is 5.41 Å². The van der Waals surface area contributed by atoms with Crippen molar-refractivity contribution in [1.82, 2.24) is 10.6 Å². The number of unbranched alkanes of at least 4 members (excludes halogenated alkanes) is 3. The maximum atomic E-state index is 12.6. The van der Waals surface area contributed by atoms with Crippen molar-refractivity contribution in [3.63, 3.8) is 0 Å². The topological polar surface area (TPSA) is 84.2 Å². The number of nitrogens with two attached hydrogens (primary N) is 1. The zero-order valence-corrected chi connectivity index (χ0v) is 17.3. The summed E-state index contributed by atoms with van der Waals surface area (Å²) in [6.45, 7) is 13.5. The molecule has 4 N–H and O–H groups in total. The zero-order chi connectivity index (χ0) is 19.5. The molecule has 1 atom stereocenters. The molecule has 0 bridgehead atoms. The van der Waals surface area contributed by atoms with E-state index in [0.29, 0.717) is 19.5 Å². The Morgan fingerprint density at radius 1 is 0.920 bits per heavy atom. The van der Waals surface area contributed by atoms with E-state index in [2.05, 4.69) is 31.4 Å². The van der Waals surface area contributed by atoms with E-state index in [1.807, 2.05) is 20.8 Å². The Kier molecular flexibility index (Phi) is 11.2. The van der Waals surface area contributed by atoms with E-state index >= 15 is 0 Å². The van der Waals surface area contributed by atoms with Gasteiger partial charge in [0.15, 0.2) is 5.78 Å². The number of nitrogens with one attached hydrogen (secondary N) is 2. The summed E-state index contributed by atoms with van der Waals surface area (Å²) in [6, 6.07) is -0.132. The van der Waals surface area contributed by atoms with Crippen LogP contribution in [0.15, 0.2) is 0 Å². The molecule has 0 aromatic heterocycles. The Morgan fingerprint density at radius 3 is 2.08 bits per heavy atom. The Balaban J connectivity index is 4.14. The fraction of sp³-hybridized carbons (Fsp3) is 0.900. The van der Waals surface area contributed by atoms with Gasteiger partial charge in [0.2, 0.25) is 5.91 Å². The van der Waals surface area contributed by atoms with Gasteiger partial charge in [-0.2, -0.15) is 0 Å². The van der Waals surface area contributed by atoms with Gasteiger partial charge < -0.3 is 16.4 Å². The Labute approximate surface area is 154 Å². The summed E-state index contributed by atoms with van der Waals surface area (Å²) >= 11 is 0. The standard InChI is InChI=1S/C20H41N3O2/c1-19(2,3)18(25)16(23-20(4,5)6)12-9-11-15-22-17(24)13-8-7-10-14-21/h16,23H,7-15,21H2,1-6H3,(H,22,24)/t16-/m0/s1. The average Bonchev–Trinajstić information content (AvgIpc) is 2.47. The van der Waals surface area contributed by atoms with E-state index in [1.54, 1.807) is 0 Å². The van der Waals surface area contributed by atoms with Gasteiger partial charge in [0, 0.05) is 23.9 Å². The lowest BCUT2D eigenvalue weighted by atomic mass is 9.84. The van der Waals surface area contributed by atoms with Crippen LogP contribution >= 0.6 is 0 Å². The predicted molar refractivity (Wildman–Crippen MR) is 106 cm³/mol. The number of amides is 1. The lowest BCUT2D eigenvalue weighted by Crippen LogP contribution is -2.50. The first kappa shape index (κ1) is 24.1. The Bertz CT molecular complexity index is 395. The first-order valence-electron chi connectivity index (χ1n) is 9.76. The minimum atomic E-state index is -0.347. The predicted octanol–water partition coefficient (Wildman–Crippen LogP) is 3.16. The molecule has 0 saturated carbocycles. The summed E-state index contributed by atoms with van der Waals surface area (Å²) in [5.41, 5.74) is 5.00. The molecule has 0 aromatic carbocycles. The van der Waals surface area contributed by atoms with Gasteiger partial charge in [-0.3, -0.25) is 9.59 Å². The Hall–Kier alpha value is -0.940. The van der Waals surface area contributed by atoms with Crippen molar-refractivity contribution in [2.45, 2.75) is 98.1 Å². The molecule has 0 aliphatic carbocycles. The number of rotatable bonds is 12. The number of Topliss-reactive ketones (excluding diaryl/α,β-unsaturated/α-hetero) is 1. The average molecular weight is 356 g/mol. The largest absolute Gasteiger partial charge is 0.356 e. The quantitative estimate of drug-likeness (QED) is 0.470. The van der Waals surface area contributed by atoms with E-state index < -0.39 is 0 Å². The highest BCUT2D eigenvalue weighted by atomic mass is 16.1. The molecule has 148 valence electrons. The smallest absolute Gasteiger partial charge is 0.219 e. The van der Waals surface area contributed by atoms with Crippen molar-refractivity contribution >= 4 is 11.7 Å². The van der Waals surface area contributed by atoms with Gasteiger partial charge in [-0.15, -0.1) is 0 Å². The summed E-state index contributed by atoms with van der Waals surface area (Å²) in [6.07, 6.45) is 6.10. The maximum Gasteiger partial charge on any atom is 0.219 e. The molecule has 0 fully saturated rings. The molecule has 0 spiro atoms. The third kappa shape index (κ3) is 13.0. The van der Waals surface area contributed by atoms with Crippen LogP contribution in [0.2, 0.25) is 0 Å². The Morgan fingerprint density at radius 2 is 1.56 bits per heavy atom. The SMILES string of the molecule is CC(C)(C)N[C@@H](CCCCNC(=O)CCCCCN)C(=O)C(C)(C)C. The molecule has 0 saturated heterocycles. The second-order valence-corrected chi connectivity index (χ2v) is 9.01. The first-order chi connectivity index (χ1) is 11.5. The van der Waals surface area contributed by atoms with Gasteiger partial charge >= 0.3 is 0 Å². The van der Waals surface area contributed by atoms with E-state index in [4.69, 9.17) is 5.73 Å². The van der Waals surface area contributed by atoms with Gasteiger partial charge in [0.25, 0.3) is 0 Å². The van der Waals surface area contributed by atoms with Gasteiger partial charge in [0.1, 0.15) is 0 Å². The lowest BCUT2D eigenvalue weighted by Gasteiger charge is -2.31. The molecule has 25 heavy (non-hydrogen) atoms. The van der Waals surface area contributed by atoms with E-state index in [1.165, 1.54) is 0 Å². The van der Waals surface area contributed by atoms with E-state index in [0.717, 1.165) is 38.5 Å². The highest BCUT2D eigenvalue weighted by Crippen LogP contribution is 2.21. The highest BCUT2D eigenvalue weighted by Gasteiger charge is 2.31. The zero-order valence-electron chi connectivity index (χ0n) is 17.3. The van der Waals surface area contributed by atoms with Crippen LogP contribution < -0.4 is 16.4 Å². The number of hydrogen-bond donors (Lipinski definition) is 3. The van der Waals surface area contributed by atoms with Crippen molar-refractivity contribution < 1.29 is 9.59 Å². The molecule has 0 radical (unpaired) electrons. The summed E-state index contributed by atoms with van der Waals surface area (Å²) in [4.78, 5) is 24.4. The molecule has 0 aliphatic heterocycles. The van der Waals surface area contributed by atoms with Crippen molar-refractivity contribution in [1.29, 1.82) is 0 Å². The van der Waals surface area contributed by atoms with Crippen LogP contribution in [-0.2, 0) is 9.59 Å². The van der Waals surface area contributed by atoms with Crippen LogP contribution in [0.4, 0.5) is 0 Å². The third-order valence-corrected chi connectivity index (χ3v) is 4.01. The summed E-state index contributed by atoms with van der Waals surface area (Å²) in [5, 5.41) is 6.42. The summed E-state index contributed by atoms with van der Waals surface area (Å²) in [5.74, 6) is 0.374. The molecule has 0 rings (SSSR count). The number of carbonyl (C=O) groups excluding carboxylic acids is 2. The molecule has 0 aliphatic rings. The number of ketones is 1. The highest BCUT2D eigenvalue weighted by molar-refractivity contribution is 5.88. The second-order valence-electron chi connectivity index (χ2n) is 9.01. The first-order valence-corrected chi connectivity index (χ1v) is 9.76. The molecule has 5 nitrogen and oxygen atoms in total. The molecular weight excluding hydrogens is 314 g/mol. The molecule has 5 heteroatoms. The van der Waals surface area contributed by atoms with Crippen LogP contribution in [0.3, 0.4) is 0 Å². The fourth-order valence-electron chi connectivity index (χ4n) is 2.71. The van der Waals surface area contributed by atoms with Gasteiger partial charge in [-0.05, 0) is 59.4 Å². The van der Waals surface area contributed by atoms with Crippen molar-refractivity contribution in [3.8, 4) is 0 Å². The maximum absolute atomic E-state index is 12.6. The van der Waals surface area contributed by atoms with Gasteiger partial charge in [-0.1, -0.05) is 27.2 Å². The van der Waals surface area contributed by atoms with Crippen molar-refractivity contribution in [2.75, 3.05) is 13.1 Å².